The van der Waals surface area contributed by atoms with Gasteiger partial charge < -0.3 is 5.73 Å². The van der Waals surface area contributed by atoms with Crippen LogP contribution in [0.1, 0.15) is 12.5 Å². The maximum Gasteiger partial charge on any atom is 0.260 e. The van der Waals surface area contributed by atoms with Crippen LogP contribution in [-0.4, -0.2) is 6.43 Å². The molecule has 0 saturated carbocycles. The van der Waals surface area contributed by atoms with Crippen molar-refractivity contribution >= 4 is 15.9 Å². The molecule has 0 aliphatic heterocycles. The summed E-state index contributed by atoms with van der Waals surface area (Å²) in [5.74, 6) is -0.732. The molecule has 0 fully saturated rings. The van der Waals surface area contributed by atoms with E-state index in [0.29, 0.717) is 4.47 Å². The highest BCUT2D eigenvalue weighted by atomic mass is 79.9. The Balaban J connectivity index is 3.19. The fourth-order valence-electron chi connectivity index (χ4n) is 1.04. The molecule has 78 valence electrons. The van der Waals surface area contributed by atoms with Gasteiger partial charge in [0.1, 0.15) is 11.4 Å². The van der Waals surface area contributed by atoms with Crippen LogP contribution in [-0.2, 0) is 5.54 Å². The first-order chi connectivity index (χ1) is 6.35. The number of alkyl halides is 2. The summed E-state index contributed by atoms with van der Waals surface area (Å²) in [6.45, 7) is 1.10. The zero-order valence-corrected chi connectivity index (χ0v) is 8.98. The van der Waals surface area contributed by atoms with E-state index in [-0.39, 0.29) is 5.56 Å². The van der Waals surface area contributed by atoms with E-state index in [1.165, 1.54) is 12.1 Å². The Morgan fingerprint density at radius 2 is 2.00 bits per heavy atom. The fourth-order valence-corrected chi connectivity index (χ4v) is 1.38. The standard InChI is InChI=1S/C9H9BrF3N/c1-9(14,8(12)13)6-3-2-5(10)4-7(6)11/h2-4,8H,14H2,1H3. The van der Waals surface area contributed by atoms with E-state index in [1.54, 1.807) is 0 Å². The van der Waals surface area contributed by atoms with Crippen molar-refractivity contribution in [2.24, 2.45) is 5.73 Å². The smallest absolute Gasteiger partial charge is 0.260 e. The largest absolute Gasteiger partial charge is 0.317 e. The first kappa shape index (κ1) is 11.5. The van der Waals surface area contributed by atoms with Gasteiger partial charge in [0.15, 0.2) is 0 Å². The second-order valence-electron chi connectivity index (χ2n) is 3.21. The van der Waals surface area contributed by atoms with Crippen LogP contribution in [0.5, 0.6) is 0 Å². The Morgan fingerprint density at radius 1 is 1.43 bits per heavy atom. The van der Waals surface area contributed by atoms with Crippen LogP contribution in [0.2, 0.25) is 0 Å². The van der Waals surface area contributed by atoms with Gasteiger partial charge in [-0.15, -0.1) is 0 Å². The van der Waals surface area contributed by atoms with Crippen molar-refractivity contribution in [1.82, 2.24) is 0 Å². The molecular formula is C9H9BrF3N. The molecule has 0 aliphatic carbocycles. The van der Waals surface area contributed by atoms with E-state index in [9.17, 15) is 13.2 Å². The molecule has 0 spiro atoms. The molecule has 1 aromatic carbocycles. The molecule has 0 bridgehead atoms. The third-order valence-electron chi connectivity index (χ3n) is 1.96. The second kappa shape index (κ2) is 3.90. The first-order valence-corrected chi connectivity index (χ1v) is 4.67. The van der Waals surface area contributed by atoms with Gasteiger partial charge in [0.05, 0.1) is 0 Å². The number of hydrogen-bond acceptors (Lipinski definition) is 1. The molecule has 2 N–H and O–H groups in total. The molecule has 14 heavy (non-hydrogen) atoms. The summed E-state index contributed by atoms with van der Waals surface area (Å²) in [6, 6.07) is 3.85. The van der Waals surface area contributed by atoms with Gasteiger partial charge in [0.25, 0.3) is 6.43 Å². The van der Waals surface area contributed by atoms with Crippen molar-refractivity contribution in [3.63, 3.8) is 0 Å². The lowest BCUT2D eigenvalue weighted by atomic mass is 9.93. The predicted octanol–water partition coefficient (Wildman–Crippen LogP) is 3.03. The lowest BCUT2D eigenvalue weighted by molar-refractivity contribution is 0.0604. The van der Waals surface area contributed by atoms with Crippen molar-refractivity contribution in [2.45, 2.75) is 18.9 Å². The third-order valence-corrected chi connectivity index (χ3v) is 2.46. The predicted molar refractivity (Wildman–Crippen MR) is 51.6 cm³/mol. The van der Waals surface area contributed by atoms with Crippen molar-refractivity contribution in [2.75, 3.05) is 0 Å². The number of halogens is 4. The van der Waals surface area contributed by atoms with Gasteiger partial charge in [-0.3, -0.25) is 0 Å². The molecule has 0 saturated heterocycles. The van der Waals surface area contributed by atoms with Crippen LogP contribution < -0.4 is 5.73 Å². The summed E-state index contributed by atoms with van der Waals surface area (Å²) in [6.07, 6.45) is -2.81. The van der Waals surface area contributed by atoms with Gasteiger partial charge in [-0.25, -0.2) is 13.2 Å². The minimum atomic E-state index is -2.81. The second-order valence-corrected chi connectivity index (χ2v) is 4.12. The van der Waals surface area contributed by atoms with Gasteiger partial charge in [-0.1, -0.05) is 22.0 Å². The van der Waals surface area contributed by atoms with Crippen molar-refractivity contribution < 1.29 is 13.2 Å². The molecule has 1 nitrogen and oxygen atoms in total. The Bertz CT molecular complexity index is 339. The van der Waals surface area contributed by atoms with Gasteiger partial charge >= 0.3 is 0 Å². The van der Waals surface area contributed by atoms with Gasteiger partial charge in [-0.05, 0) is 19.1 Å². The highest BCUT2D eigenvalue weighted by Gasteiger charge is 2.34. The summed E-state index contributed by atoms with van der Waals surface area (Å²) < 4.78 is 38.7. The normalized spacial score (nSPS) is 15.6. The zero-order valence-electron chi connectivity index (χ0n) is 7.40. The van der Waals surface area contributed by atoms with Crippen molar-refractivity contribution in [3.8, 4) is 0 Å². The van der Waals surface area contributed by atoms with Crippen LogP contribution in [0, 0.1) is 5.82 Å². The monoisotopic (exact) mass is 267 g/mol. The third kappa shape index (κ3) is 2.09. The topological polar surface area (TPSA) is 26.0 Å². The molecule has 5 heteroatoms. The van der Waals surface area contributed by atoms with Gasteiger partial charge in [-0.2, -0.15) is 0 Å². The maximum atomic E-state index is 13.3. The van der Waals surface area contributed by atoms with E-state index in [1.807, 2.05) is 0 Å². The van der Waals surface area contributed by atoms with Crippen LogP contribution in [0.4, 0.5) is 13.2 Å². The van der Waals surface area contributed by atoms with Crippen LogP contribution in [0.15, 0.2) is 22.7 Å². The Labute approximate surface area is 88.2 Å². The zero-order chi connectivity index (χ0) is 10.9. The highest BCUT2D eigenvalue weighted by Crippen LogP contribution is 2.28. The molecule has 0 amide bonds. The fraction of sp³-hybridized carbons (Fsp3) is 0.333. The Morgan fingerprint density at radius 3 is 2.43 bits per heavy atom. The van der Waals surface area contributed by atoms with Crippen LogP contribution in [0.25, 0.3) is 0 Å². The number of nitrogens with two attached hydrogens (primary N) is 1. The average molecular weight is 268 g/mol. The van der Waals surface area contributed by atoms with E-state index in [0.717, 1.165) is 13.0 Å². The van der Waals surface area contributed by atoms with Crippen molar-refractivity contribution in [1.29, 1.82) is 0 Å². The molecule has 1 atom stereocenters. The maximum absolute atomic E-state index is 13.3. The minimum absolute atomic E-state index is 0.185. The number of benzene rings is 1. The van der Waals surface area contributed by atoms with Gasteiger partial charge in [0.2, 0.25) is 0 Å². The Kier molecular flexibility index (Phi) is 3.21. The summed E-state index contributed by atoms with van der Waals surface area (Å²) in [5, 5.41) is 0. The van der Waals surface area contributed by atoms with E-state index < -0.39 is 17.8 Å². The molecule has 0 radical (unpaired) electrons. The minimum Gasteiger partial charge on any atom is -0.317 e. The van der Waals surface area contributed by atoms with E-state index in [2.05, 4.69) is 15.9 Å². The van der Waals surface area contributed by atoms with Crippen molar-refractivity contribution in [3.05, 3.63) is 34.1 Å². The molecule has 0 aromatic heterocycles. The molecule has 1 unspecified atom stereocenters. The summed E-state index contributed by atoms with van der Waals surface area (Å²) in [5.41, 5.74) is 3.19. The molecule has 0 aliphatic rings. The van der Waals surface area contributed by atoms with Crippen LogP contribution >= 0.6 is 15.9 Å². The highest BCUT2D eigenvalue weighted by molar-refractivity contribution is 9.10. The molecular weight excluding hydrogens is 259 g/mol. The van der Waals surface area contributed by atoms with Crippen LogP contribution in [0.3, 0.4) is 0 Å². The lowest BCUT2D eigenvalue weighted by Crippen LogP contribution is -2.41. The van der Waals surface area contributed by atoms with Gasteiger partial charge in [0, 0.05) is 10.0 Å². The quantitative estimate of drug-likeness (QED) is 0.876. The number of rotatable bonds is 2. The molecule has 1 aromatic rings. The van der Waals surface area contributed by atoms with E-state index >= 15 is 0 Å². The average Bonchev–Trinajstić information content (AvgIpc) is 2.02. The summed E-state index contributed by atoms with van der Waals surface area (Å²) in [4.78, 5) is 0. The summed E-state index contributed by atoms with van der Waals surface area (Å²) in [7, 11) is 0. The molecule has 0 heterocycles. The lowest BCUT2D eigenvalue weighted by Gasteiger charge is -2.24. The first-order valence-electron chi connectivity index (χ1n) is 3.88. The van der Waals surface area contributed by atoms with E-state index in [4.69, 9.17) is 5.73 Å². The Hall–Kier alpha value is -0.550. The SMILES string of the molecule is CC(N)(c1ccc(Br)cc1F)C(F)F. The number of hydrogen-bond donors (Lipinski definition) is 1. The summed E-state index contributed by atoms with van der Waals surface area (Å²) >= 11 is 3.03. The molecule has 1 rings (SSSR count).